The number of primary amides is 2. The topological polar surface area (TPSA) is 86.2 Å². The van der Waals surface area contributed by atoms with E-state index in [0.717, 1.165) is 0 Å². The predicted molar refractivity (Wildman–Crippen MR) is 53.0 cm³/mol. The van der Waals surface area contributed by atoms with Crippen molar-refractivity contribution in [2.75, 3.05) is 0 Å². The van der Waals surface area contributed by atoms with Crippen LogP contribution >= 0.6 is 0 Å². The molecule has 4 heteroatoms. The van der Waals surface area contributed by atoms with Gasteiger partial charge in [-0.2, -0.15) is 0 Å². The molecule has 14 heavy (non-hydrogen) atoms. The molecule has 1 aliphatic carbocycles. The van der Waals surface area contributed by atoms with Gasteiger partial charge in [0.25, 0.3) is 0 Å². The van der Waals surface area contributed by atoms with Crippen molar-refractivity contribution in [1.29, 1.82) is 0 Å². The molecule has 0 radical (unpaired) electrons. The molecule has 4 nitrogen and oxygen atoms in total. The second-order valence-electron chi connectivity index (χ2n) is 4.56. The summed E-state index contributed by atoms with van der Waals surface area (Å²) in [5.41, 5.74) is 10.1. The van der Waals surface area contributed by atoms with Gasteiger partial charge >= 0.3 is 0 Å². The van der Waals surface area contributed by atoms with E-state index in [0.29, 0.717) is 19.3 Å². The highest BCUT2D eigenvalue weighted by Crippen LogP contribution is 2.42. The summed E-state index contributed by atoms with van der Waals surface area (Å²) in [6, 6.07) is 0. The average molecular weight is 198 g/mol. The Labute approximate surface area is 84.0 Å². The van der Waals surface area contributed by atoms with Gasteiger partial charge in [-0.1, -0.05) is 13.8 Å². The molecule has 0 saturated heterocycles. The van der Waals surface area contributed by atoms with Crippen LogP contribution < -0.4 is 11.5 Å². The number of nitrogens with two attached hydrogens (primary N) is 2. The average Bonchev–Trinajstić information content (AvgIpc) is 2.09. The lowest BCUT2D eigenvalue weighted by molar-refractivity contribution is -0.135. The van der Waals surface area contributed by atoms with Crippen molar-refractivity contribution in [3.63, 3.8) is 0 Å². The molecule has 1 fully saturated rings. The molecule has 0 aliphatic heterocycles. The second-order valence-corrected chi connectivity index (χ2v) is 4.56. The minimum Gasteiger partial charge on any atom is -0.369 e. The van der Waals surface area contributed by atoms with Crippen molar-refractivity contribution in [2.45, 2.75) is 33.1 Å². The summed E-state index contributed by atoms with van der Waals surface area (Å²) in [6.07, 6.45) is 2.02. The summed E-state index contributed by atoms with van der Waals surface area (Å²) < 4.78 is 0. The van der Waals surface area contributed by atoms with E-state index < -0.39 is 5.41 Å². The summed E-state index contributed by atoms with van der Waals surface area (Å²) in [6.45, 7) is 3.83. The third-order valence-electron chi connectivity index (χ3n) is 3.70. The Morgan fingerprint density at radius 1 is 1.36 bits per heavy atom. The van der Waals surface area contributed by atoms with Gasteiger partial charge in [-0.05, 0) is 25.2 Å². The lowest BCUT2D eigenvalue weighted by atomic mass is 9.64. The molecule has 1 aliphatic rings. The number of rotatable bonds is 2. The SMILES string of the molecule is CC1CC(C(N)=O)CCC1(C)C(N)=O. The molecule has 4 N–H and O–H groups in total. The third kappa shape index (κ3) is 1.74. The van der Waals surface area contributed by atoms with E-state index in [1.165, 1.54) is 0 Å². The van der Waals surface area contributed by atoms with Crippen LogP contribution in [0.3, 0.4) is 0 Å². The second kappa shape index (κ2) is 3.59. The van der Waals surface area contributed by atoms with Gasteiger partial charge in [-0.3, -0.25) is 9.59 Å². The Hall–Kier alpha value is -1.06. The zero-order valence-electron chi connectivity index (χ0n) is 8.75. The normalized spacial score (nSPS) is 37.9. The Morgan fingerprint density at radius 3 is 2.29 bits per heavy atom. The Morgan fingerprint density at radius 2 is 1.93 bits per heavy atom. The van der Waals surface area contributed by atoms with Crippen LogP contribution in [0.4, 0.5) is 0 Å². The molecule has 0 aromatic carbocycles. The smallest absolute Gasteiger partial charge is 0.223 e. The fraction of sp³-hybridized carbons (Fsp3) is 0.800. The van der Waals surface area contributed by atoms with Crippen LogP contribution in [0.5, 0.6) is 0 Å². The molecule has 2 amide bonds. The van der Waals surface area contributed by atoms with Gasteiger partial charge in [-0.15, -0.1) is 0 Å². The van der Waals surface area contributed by atoms with Gasteiger partial charge in [0.05, 0.1) is 0 Å². The molecule has 0 spiro atoms. The van der Waals surface area contributed by atoms with Crippen LogP contribution in [0.15, 0.2) is 0 Å². The standard InChI is InChI=1S/C10H18N2O2/c1-6-5-7(8(11)13)3-4-10(6,2)9(12)14/h6-7H,3-5H2,1-2H3,(H2,11,13)(H2,12,14). The molecule has 80 valence electrons. The summed E-state index contributed by atoms with van der Waals surface area (Å²) in [5.74, 6) is -0.486. The lowest BCUT2D eigenvalue weighted by Crippen LogP contribution is -2.45. The molecular formula is C10H18N2O2. The van der Waals surface area contributed by atoms with E-state index in [4.69, 9.17) is 11.5 Å². The van der Waals surface area contributed by atoms with Gasteiger partial charge in [0.15, 0.2) is 0 Å². The van der Waals surface area contributed by atoms with Gasteiger partial charge in [0, 0.05) is 11.3 Å². The molecule has 0 aromatic rings. The molecule has 0 aromatic heterocycles. The highest BCUT2D eigenvalue weighted by Gasteiger charge is 2.42. The first-order valence-corrected chi connectivity index (χ1v) is 4.97. The van der Waals surface area contributed by atoms with E-state index in [1.807, 2.05) is 13.8 Å². The van der Waals surface area contributed by atoms with E-state index >= 15 is 0 Å². The van der Waals surface area contributed by atoms with Crippen molar-refractivity contribution < 1.29 is 9.59 Å². The highest BCUT2D eigenvalue weighted by molar-refractivity contribution is 5.82. The fourth-order valence-corrected chi connectivity index (χ4v) is 2.15. The quantitative estimate of drug-likeness (QED) is 0.672. The Bertz CT molecular complexity index is 265. The summed E-state index contributed by atoms with van der Waals surface area (Å²) in [4.78, 5) is 22.3. The number of hydrogen-bond acceptors (Lipinski definition) is 2. The summed E-state index contributed by atoms with van der Waals surface area (Å²) >= 11 is 0. The van der Waals surface area contributed by atoms with Gasteiger partial charge in [-0.25, -0.2) is 0 Å². The zero-order chi connectivity index (χ0) is 10.9. The molecule has 3 unspecified atom stereocenters. The van der Waals surface area contributed by atoms with Crippen LogP contribution in [0, 0.1) is 17.3 Å². The number of hydrogen-bond donors (Lipinski definition) is 2. The van der Waals surface area contributed by atoms with Crippen LogP contribution in [0.25, 0.3) is 0 Å². The molecule has 1 rings (SSSR count). The van der Waals surface area contributed by atoms with Crippen molar-refractivity contribution in [3.05, 3.63) is 0 Å². The van der Waals surface area contributed by atoms with Crippen LogP contribution in [0.2, 0.25) is 0 Å². The first kappa shape index (κ1) is 11.0. The van der Waals surface area contributed by atoms with Crippen molar-refractivity contribution >= 4 is 11.8 Å². The highest BCUT2D eigenvalue weighted by atomic mass is 16.1. The minimum atomic E-state index is -0.466. The van der Waals surface area contributed by atoms with Crippen LogP contribution in [-0.4, -0.2) is 11.8 Å². The third-order valence-corrected chi connectivity index (χ3v) is 3.70. The van der Waals surface area contributed by atoms with Crippen molar-refractivity contribution in [2.24, 2.45) is 28.7 Å². The maximum atomic E-state index is 11.3. The molecular weight excluding hydrogens is 180 g/mol. The van der Waals surface area contributed by atoms with Crippen LogP contribution in [0.1, 0.15) is 33.1 Å². The van der Waals surface area contributed by atoms with Gasteiger partial charge in [0.2, 0.25) is 11.8 Å². The zero-order valence-corrected chi connectivity index (χ0v) is 8.75. The molecule has 0 heterocycles. The first-order chi connectivity index (χ1) is 6.38. The predicted octanol–water partition coefficient (Wildman–Crippen LogP) is 0.399. The minimum absolute atomic E-state index is 0.0857. The van der Waals surface area contributed by atoms with Gasteiger partial charge < -0.3 is 11.5 Å². The number of carbonyl (C=O) groups is 2. The monoisotopic (exact) mass is 198 g/mol. The van der Waals surface area contributed by atoms with E-state index in [9.17, 15) is 9.59 Å². The van der Waals surface area contributed by atoms with Crippen molar-refractivity contribution in [3.8, 4) is 0 Å². The Kier molecular flexibility index (Phi) is 2.83. The number of carbonyl (C=O) groups excluding carboxylic acids is 2. The Balaban J connectivity index is 2.74. The van der Waals surface area contributed by atoms with Gasteiger partial charge in [0.1, 0.15) is 0 Å². The largest absolute Gasteiger partial charge is 0.369 e. The maximum Gasteiger partial charge on any atom is 0.223 e. The lowest BCUT2D eigenvalue weighted by Gasteiger charge is -2.39. The first-order valence-electron chi connectivity index (χ1n) is 4.97. The van der Waals surface area contributed by atoms with E-state index in [1.54, 1.807) is 0 Å². The summed E-state index contributed by atoms with van der Waals surface area (Å²) in [5, 5.41) is 0. The van der Waals surface area contributed by atoms with Crippen LogP contribution in [-0.2, 0) is 9.59 Å². The molecule has 1 saturated carbocycles. The molecule has 0 bridgehead atoms. The van der Waals surface area contributed by atoms with Crippen molar-refractivity contribution in [1.82, 2.24) is 0 Å². The van der Waals surface area contributed by atoms with E-state index in [-0.39, 0.29) is 23.7 Å². The number of amides is 2. The van der Waals surface area contributed by atoms with E-state index in [2.05, 4.69) is 0 Å². The molecule has 3 atom stereocenters. The summed E-state index contributed by atoms with van der Waals surface area (Å²) in [7, 11) is 0. The maximum absolute atomic E-state index is 11.3. The fourth-order valence-electron chi connectivity index (χ4n) is 2.15.